The Kier molecular flexibility index (Phi) is 3.01. The van der Waals surface area contributed by atoms with Crippen LogP contribution in [0, 0.1) is 5.82 Å². The number of anilines is 1. The molecule has 1 rings (SSSR count). The third-order valence-electron chi connectivity index (χ3n) is 1.83. The maximum absolute atomic E-state index is 12.8. The lowest BCUT2D eigenvalue weighted by Gasteiger charge is -2.16. The molecule has 0 N–H and O–H groups in total. The molecule has 0 aliphatic rings. The molecule has 0 fully saturated rings. The van der Waals surface area contributed by atoms with Gasteiger partial charge in [-0.2, -0.15) is 0 Å². The lowest BCUT2D eigenvalue weighted by molar-refractivity contribution is -0.107. The van der Waals surface area contributed by atoms with E-state index in [1.54, 1.807) is 11.0 Å². The van der Waals surface area contributed by atoms with Crippen molar-refractivity contribution in [2.24, 2.45) is 0 Å². The fraction of sp³-hybridized carbons (Fsp3) is 0.300. The Hall–Kier alpha value is -1.38. The van der Waals surface area contributed by atoms with Crippen LogP contribution in [-0.4, -0.2) is 20.4 Å². The molecule has 2 nitrogen and oxygen atoms in total. The average Bonchev–Trinajstić information content (AvgIpc) is 2.08. The SMILES string of the molecule is CN(C)c1cc(F)ccc1CC=O. The standard InChI is InChI=1S/C10H12FNO/c1-12(2)10-7-9(11)4-3-8(10)5-6-13/h3-4,6-7H,5H2,1-2H3. The van der Waals surface area contributed by atoms with Gasteiger partial charge in [0.1, 0.15) is 12.1 Å². The molecule has 0 radical (unpaired) electrons. The highest BCUT2D eigenvalue weighted by Gasteiger charge is 2.04. The normalized spacial score (nSPS) is 9.77. The summed E-state index contributed by atoms with van der Waals surface area (Å²) in [6.07, 6.45) is 1.15. The fourth-order valence-electron chi connectivity index (χ4n) is 1.22. The highest BCUT2D eigenvalue weighted by molar-refractivity contribution is 5.63. The molecular formula is C10H12FNO. The van der Waals surface area contributed by atoms with Crippen molar-refractivity contribution in [3.05, 3.63) is 29.6 Å². The minimum atomic E-state index is -0.279. The first-order valence-electron chi connectivity index (χ1n) is 4.04. The minimum absolute atomic E-state index is 0.279. The molecule has 1 aromatic rings. The van der Waals surface area contributed by atoms with Crippen LogP contribution < -0.4 is 4.90 Å². The molecule has 13 heavy (non-hydrogen) atoms. The summed E-state index contributed by atoms with van der Waals surface area (Å²) in [5.41, 5.74) is 1.61. The number of benzene rings is 1. The summed E-state index contributed by atoms with van der Waals surface area (Å²) in [5.74, 6) is -0.279. The van der Waals surface area contributed by atoms with Crippen LogP contribution in [-0.2, 0) is 11.2 Å². The van der Waals surface area contributed by atoms with Crippen molar-refractivity contribution in [2.45, 2.75) is 6.42 Å². The molecular weight excluding hydrogens is 169 g/mol. The van der Waals surface area contributed by atoms with E-state index in [2.05, 4.69) is 0 Å². The number of halogens is 1. The molecule has 0 atom stereocenters. The number of nitrogens with zero attached hydrogens (tertiary/aromatic N) is 1. The molecule has 0 heterocycles. The summed E-state index contributed by atoms with van der Waals surface area (Å²) < 4.78 is 12.8. The molecule has 0 unspecified atom stereocenters. The van der Waals surface area contributed by atoms with Gasteiger partial charge in [0.2, 0.25) is 0 Å². The van der Waals surface area contributed by atoms with Gasteiger partial charge in [-0.05, 0) is 17.7 Å². The van der Waals surface area contributed by atoms with Crippen LogP contribution >= 0.6 is 0 Å². The first kappa shape index (κ1) is 9.71. The number of aldehydes is 1. The average molecular weight is 181 g/mol. The zero-order chi connectivity index (χ0) is 9.84. The molecule has 0 amide bonds. The van der Waals surface area contributed by atoms with Crippen LogP contribution in [0.1, 0.15) is 5.56 Å². The summed E-state index contributed by atoms with van der Waals surface area (Å²) in [4.78, 5) is 12.1. The lowest BCUT2D eigenvalue weighted by Crippen LogP contribution is -2.11. The van der Waals surface area contributed by atoms with Crippen molar-refractivity contribution in [2.75, 3.05) is 19.0 Å². The predicted molar refractivity (Wildman–Crippen MR) is 50.5 cm³/mol. The number of carbonyl (C=O) groups excluding carboxylic acids is 1. The molecule has 0 spiro atoms. The van der Waals surface area contributed by atoms with E-state index < -0.39 is 0 Å². The van der Waals surface area contributed by atoms with Gasteiger partial charge in [0.05, 0.1) is 0 Å². The molecule has 70 valence electrons. The molecule has 3 heteroatoms. The van der Waals surface area contributed by atoms with Gasteiger partial charge >= 0.3 is 0 Å². The van der Waals surface area contributed by atoms with Crippen molar-refractivity contribution in [1.82, 2.24) is 0 Å². The largest absolute Gasteiger partial charge is 0.377 e. The maximum atomic E-state index is 12.8. The van der Waals surface area contributed by atoms with Crippen LogP contribution in [0.4, 0.5) is 10.1 Å². The van der Waals surface area contributed by atoms with Crippen LogP contribution in [0.15, 0.2) is 18.2 Å². The van der Waals surface area contributed by atoms with Crippen molar-refractivity contribution in [3.63, 3.8) is 0 Å². The van der Waals surface area contributed by atoms with Crippen LogP contribution in [0.3, 0.4) is 0 Å². The molecule has 0 saturated carbocycles. The Morgan fingerprint density at radius 3 is 2.69 bits per heavy atom. The topological polar surface area (TPSA) is 20.3 Å². The third-order valence-corrected chi connectivity index (χ3v) is 1.83. The molecule has 0 aliphatic heterocycles. The fourth-order valence-corrected chi connectivity index (χ4v) is 1.22. The summed E-state index contributed by atoms with van der Waals surface area (Å²) in [6, 6.07) is 4.43. The zero-order valence-electron chi connectivity index (χ0n) is 7.75. The van der Waals surface area contributed by atoms with Gasteiger partial charge in [-0.1, -0.05) is 6.07 Å². The van der Waals surface area contributed by atoms with Crippen molar-refractivity contribution in [3.8, 4) is 0 Å². The lowest BCUT2D eigenvalue weighted by atomic mass is 10.1. The summed E-state index contributed by atoms with van der Waals surface area (Å²) in [5, 5.41) is 0. The number of carbonyl (C=O) groups is 1. The Morgan fingerprint density at radius 1 is 1.46 bits per heavy atom. The second-order valence-corrected chi connectivity index (χ2v) is 3.04. The Balaban J connectivity index is 3.10. The summed E-state index contributed by atoms with van der Waals surface area (Å²) in [7, 11) is 3.64. The molecule has 0 aliphatic carbocycles. The maximum Gasteiger partial charge on any atom is 0.125 e. The van der Waals surface area contributed by atoms with E-state index in [1.165, 1.54) is 12.1 Å². The highest BCUT2D eigenvalue weighted by Crippen LogP contribution is 2.19. The Morgan fingerprint density at radius 2 is 2.15 bits per heavy atom. The number of hydrogen-bond acceptors (Lipinski definition) is 2. The second-order valence-electron chi connectivity index (χ2n) is 3.04. The Bertz CT molecular complexity index is 310. The van der Waals surface area contributed by atoms with E-state index in [0.29, 0.717) is 6.42 Å². The van der Waals surface area contributed by atoms with E-state index >= 15 is 0 Å². The molecule has 0 saturated heterocycles. The van der Waals surface area contributed by atoms with Gasteiger partial charge in [-0.25, -0.2) is 4.39 Å². The van der Waals surface area contributed by atoms with Crippen molar-refractivity contribution >= 4 is 12.0 Å². The quantitative estimate of drug-likeness (QED) is 0.660. The molecule has 1 aromatic carbocycles. The minimum Gasteiger partial charge on any atom is -0.377 e. The summed E-state index contributed by atoms with van der Waals surface area (Å²) >= 11 is 0. The van der Waals surface area contributed by atoms with Gasteiger partial charge in [0, 0.05) is 26.2 Å². The summed E-state index contributed by atoms with van der Waals surface area (Å²) in [6.45, 7) is 0. The van der Waals surface area contributed by atoms with Gasteiger partial charge in [0.15, 0.2) is 0 Å². The van der Waals surface area contributed by atoms with E-state index in [1.807, 2.05) is 14.1 Å². The third kappa shape index (κ3) is 2.28. The van der Waals surface area contributed by atoms with Crippen molar-refractivity contribution < 1.29 is 9.18 Å². The second kappa shape index (κ2) is 4.03. The van der Waals surface area contributed by atoms with Crippen LogP contribution in [0.5, 0.6) is 0 Å². The number of rotatable bonds is 3. The van der Waals surface area contributed by atoms with Gasteiger partial charge in [-0.3, -0.25) is 0 Å². The van der Waals surface area contributed by atoms with Crippen LogP contribution in [0.25, 0.3) is 0 Å². The van der Waals surface area contributed by atoms with E-state index in [9.17, 15) is 9.18 Å². The highest BCUT2D eigenvalue weighted by atomic mass is 19.1. The Labute approximate surface area is 77.0 Å². The smallest absolute Gasteiger partial charge is 0.125 e. The van der Waals surface area contributed by atoms with Gasteiger partial charge in [-0.15, -0.1) is 0 Å². The zero-order valence-corrected chi connectivity index (χ0v) is 7.75. The van der Waals surface area contributed by atoms with Crippen molar-refractivity contribution in [1.29, 1.82) is 0 Å². The van der Waals surface area contributed by atoms with E-state index in [0.717, 1.165) is 17.5 Å². The first-order chi connectivity index (χ1) is 6.15. The van der Waals surface area contributed by atoms with Crippen LogP contribution in [0.2, 0.25) is 0 Å². The molecule has 0 bridgehead atoms. The monoisotopic (exact) mass is 181 g/mol. The van der Waals surface area contributed by atoms with E-state index in [4.69, 9.17) is 0 Å². The van der Waals surface area contributed by atoms with Gasteiger partial charge < -0.3 is 9.69 Å². The predicted octanol–water partition coefficient (Wildman–Crippen LogP) is 1.63. The number of hydrogen-bond donors (Lipinski definition) is 0. The van der Waals surface area contributed by atoms with E-state index in [-0.39, 0.29) is 5.82 Å². The first-order valence-corrected chi connectivity index (χ1v) is 4.04. The van der Waals surface area contributed by atoms with Gasteiger partial charge in [0.25, 0.3) is 0 Å². The molecule has 0 aromatic heterocycles.